The molecule has 0 aromatic heterocycles. The van der Waals surface area contributed by atoms with E-state index >= 15 is 0 Å². The molecule has 6 heteroatoms. The van der Waals surface area contributed by atoms with Gasteiger partial charge in [0.2, 0.25) is 0 Å². The molecule has 3 rings (SSSR count). The van der Waals surface area contributed by atoms with Gasteiger partial charge in [-0.3, -0.25) is 4.79 Å². The Morgan fingerprint density at radius 1 is 0.815 bits per heavy atom. The van der Waals surface area contributed by atoms with Crippen molar-refractivity contribution in [3.8, 4) is 23.0 Å². The first-order valence-corrected chi connectivity index (χ1v) is 8.91. The van der Waals surface area contributed by atoms with Crippen LogP contribution in [0.3, 0.4) is 0 Å². The van der Waals surface area contributed by atoms with E-state index in [2.05, 4.69) is 5.32 Å². The van der Waals surface area contributed by atoms with Crippen molar-refractivity contribution < 1.29 is 24.5 Å². The molecule has 27 heavy (non-hydrogen) atoms. The van der Waals surface area contributed by atoms with E-state index in [-0.39, 0.29) is 41.2 Å². The molecule has 1 saturated heterocycles. The van der Waals surface area contributed by atoms with Crippen LogP contribution in [0.4, 0.5) is 0 Å². The first kappa shape index (κ1) is 19.0. The summed E-state index contributed by atoms with van der Waals surface area (Å²) in [7, 11) is 2.99. The summed E-state index contributed by atoms with van der Waals surface area (Å²) in [6.07, 6.45) is 0. The maximum Gasteiger partial charge on any atom is 0.160 e. The summed E-state index contributed by atoms with van der Waals surface area (Å²) in [5, 5.41) is 23.3. The lowest BCUT2D eigenvalue weighted by Crippen LogP contribution is -2.46. The van der Waals surface area contributed by atoms with Crippen molar-refractivity contribution in [2.45, 2.75) is 25.9 Å². The number of benzene rings is 2. The average molecular weight is 371 g/mol. The minimum atomic E-state index is -0.232. The van der Waals surface area contributed by atoms with Crippen molar-refractivity contribution in [3.63, 3.8) is 0 Å². The Morgan fingerprint density at radius 2 is 1.22 bits per heavy atom. The van der Waals surface area contributed by atoms with Gasteiger partial charge in [-0.1, -0.05) is 26.0 Å². The molecule has 0 saturated carbocycles. The number of Topliss-reactive ketones (excluding diaryl/α,β-unsaturated/α-hetero) is 1. The summed E-state index contributed by atoms with van der Waals surface area (Å²) >= 11 is 0. The maximum absolute atomic E-state index is 12.9. The Balaban J connectivity index is 1.99. The fourth-order valence-electron chi connectivity index (χ4n) is 3.77. The van der Waals surface area contributed by atoms with Crippen LogP contribution in [-0.4, -0.2) is 30.2 Å². The predicted molar refractivity (Wildman–Crippen MR) is 101 cm³/mol. The summed E-state index contributed by atoms with van der Waals surface area (Å²) < 4.78 is 10.4. The van der Waals surface area contributed by atoms with Gasteiger partial charge in [0.15, 0.2) is 23.0 Å². The van der Waals surface area contributed by atoms with Gasteiger partial charge in [-0.05, 0) is 35.4 Å². The number of hydrogen-bond donors (Lipinski definition) is 3. The second-order valence-electron chi connectivity index (χ2n) is 6.96. The number of methoxy groups -OCH3 is 2. The summed E-state index contributed by atoms with van der Waals surface area (Å²) in [4.78, 5) is 12.9. The molecular formula is C21H25NO5. The highest BCUT2D eigenvalue weighted by Gasteiger charge is 2.40. The van der Waals surface area contributed by atoms with E-state index in [9.17, 15) is 15.0 Å². The number of phenols is 2. The minimum Gasteiger partial charge on any atom is -0.504 e. The molecule has 0 bridgehead atoms. The molecule has 0 spiro atoms. The number of carbonyl (C=O) groups excluding carboxylic acids is 1. The molecule has 0 unspecified atom stereocenters. The van der Waals surface area contributed by atoms with E-state index in [1.54, 1.807) is 36.4 Å². The summed E-state index contributed by atoms with van der Waals surface area (Å²) in [5.41, 5.74) is 1.74. The average Bonchev–Trinajstić information content (AvgIpc) is 2.67. The molecule has 1 heterocycles. The molecule has 0 aliphatic carbocycles. The third-order valence-electron chi connectivity index (χ3n) is 5.38. The zero-order chi connectivity index (χ0) is 19.7. The number of piperidine rings is 1. The van der Waals surface area contributed by atoms with Crippen LogP contribution in [0.2, 0.25) is 0 Å². The van der Waals surface area contributed by atoms with Crippen LogP contribution in [-0.2, 0) is 4.79 Å². The van der Waals surface area contributed by atoms with E-state index in [4.69, 9.17) is 9.47 Å². The highest BCUT2D eigenvalue weighted by molar-refractivity contribution is 5.85. The van der Waals surface area contributed by atoms with Crippen LogP contribution < -0.4 is 14.8 Å². The van der Waals surface area contributed by atoms with Crippen molar-refractivity contribution in [2.24, 2.45) is 11.8 Å². The number of aromatic hydroxyl groups is 2. The summed E-state index contributed by atoms with van der Waals surface area (Å²) in [6, 6.07) is 9.78. The van der Waals surface area contributed by atoms with Gasteiger partial charge in [-0.25, -0.2) is 0 Å². The highest BCUT2D eigenvalue weighted by atomic mass is 16.5. The number of rotatable bonds is 4. The molecule has 0 amide bonds. The van der Waals surface area contributed by atoms with Crippen LogP contribution in [0.25, 0.3) is 0 Å². The van der Waals surface area contributed by atoms with Crippen LogP contribution in [0.5, 0.6) is 23.0 Å². The second-order valence-corrected chi connectivity index (χ2v) is 6.96. The van der Waals surface area contributed by atoms with Crippen molar-refractivity contribution in [3.05, 3.63) is 47.5 Å². The third kappa shape index (κ3) is 3.45. The predicted octanol–water partition coefficient (Wildman–Crippen LogP) is 3.34. The number of hydrogen-bond acceptors (Lipinski definition) is 6. The molecule has 1 aliphatic heterocycles. The van der Waals surface area contributed by atoms with Crippen LogP contribution in [0, 0.1) is 11.8 Å². The Kier molecular flexibility index (Phi) is 5.28. The molecular weight excluding hydrogens is 346 g/mol. The van der Waals surface area contributed by atoms with Crippen molar-refractivity contribution in [1.29, 1.82) is 0 Å². The Morgan fingerprint density at radius 3 is 1.59 bits per heavy atom. The summed E-state index contributed by atoms with van der Waals surface area (Å²) in [6.45, 7) is 3.81. The van der Waals surface area contributed by atoms with Gasteiger partial charge in [0, 0.05) is 23.9 Å². The van der Waals surface area contributed by atoms with Gasteiger partial charge in [-0.15, -0.1) is 0 Å². The smallest absolute Gasteiger partial charge is 0.160 e. The lowest BCUT2D eigenvalue weighted by Gasteiger charge is -2.39. The Bertz CT molecular complexity index is 783. The number of ketones is 1. The minimum absolute atomic E-state index is 0.0595. The Hall–Kier alpha value is -2.73. The van der Waals surface area contributed by atoms with Crippen molar-refractivity contribution in [2.75, 3.05) is 14.2 Å². The van der Waals surface area contributed by atoms with Gasteiger partial charge in [0.05, 0.1) is 14.2 Å². The quantitative estimate of drug-likeness (QED) is 0.764. The van der Waals surface area contributed by atoms with E-state index in [0.717, 1.165) is 11.1 Å². The maximum atomic E-state index is 12.9. The second kappa shape index (κ2) is 7.48. The van der Waals surface area contributed by atoms with Crippen LogP contribution in [0.1, 0.15) is 37.1 Å². The molecule has 1 fully saturated rings. The fourth-order valence-corrected chi connectivity index (χ4v) is 3.77. The third-order valence-corrected chi connectivity index (χ3v) is 5.38. The molecule has 0 radical (unpaired) electrons. The number of carbonyl (C=O) groups is 1. The van der Waals surface area contributed by atoms with Gasteiger partial charge < -0.3 is 25.0 Å². The number of ether oxygens (including phenoxy) is 2. The van der Waals surface area contributed by atoms with Gasteiger partial charge >= 0.3 is 0 Å². The first-order chi connectivity index (χ1) is 12.9. The molecule has 2 aromatic rings. The van der Waals surface area contributed by atoms with E-state index in [0.29, 0.717) is 11.5 Å². The van der Waals surface area contributed by atoms with Gasteiger partial charge in [0.1, 0.15) is 5.78 Å². The standard InChI is InChI=1S/C21H25NO5/c1-11-19(13-5-7-15(23)17(9-13)26-3)22-20(12(2)21(11)25)14-6-8-16(24)18(10-14)27-4/h5-12,19-20,22-24H,1-4H3/t11-,12+,19-,20+. The van der Waals surface area contributed by atoms with Crippen LogP contribution in [0.15, 0.2) is 36.4 Å². The molecule has 2 aromatic carbocycles. The van der Waals surface area contributed by atoms with E-state index < -0.39 is 0 Å². The number of phenolic OH excluding ortho intramolecular Hbond substituents is 2. The molecule has 144 valence electrons. The van der Waals surface area contributed by atoms with Crippen molar-refractivity contribution in [1.82, 2.24) is 5.32 Å². The Labute approximate surface area is 158 Å². The molecule has 1 aliphatic rings. The van der Waals surface area contributed by atoms with Crippen LogP contribution >= 0.6 is 0 Å². The van der Waals surface area contributed by atoms with Gasteiger partial charge in [0.25, 0.3) is 0 Å². The normalized spacial score (nSPS) is 25.3. The lowest BCUT2D eigenvalue weighted by atomic mass is 9.76. The lowest BCUT2D eigenvalue weighted by molar-refractivity contribution is -0.130. The largest absolute Gasteiger partial charge is 0.504 e. The fraction of sp³-hybridized carbons (Fsp3) is 0.381. The molecule has 4 atom stereocenters. The zero-order valence-electron chi connectivity index (χ0n) is 15.9. The summed E-state index contributed by atoms with van der Waals surface area (Å²) in [5.74, 6) is 0.552. The topological polar surface area (TPSA) is 88.0 Å². The van der Waals surface area contributed by atoms with E-state index in [1.807, 2.05) is 13.8 Å². The first-order valence-electron chi connectivity index (χ1n) is 8.91. The molecule has 6 nitrogen and oxygen atoms in total. The highest BCUT2D eigenvalue weighted by Crippen LogP contribution is 2.41. The van der Waals surface area contributed by atoms with Crippen molar-refractivity contribution >= 4 is 5.78 Å². The van der Waals surface area contributed by atoms with E-state index in [1.165, 1.54) is 14.2 Å². The zero-order valence-corrected chi connectivity index (χ0v) is 15.9. The van der Waals surface area contributed by atoms with Gasteiger partial charge in [-0.2, -0.15) is 0 Å². The SMILES string of the molecule is COc1cc([C@H]2N[C@@H](c3ccc(O)c(OC)c3)[C@@H](C)C(=O)[C@H]2C)ccc1O. The molecule has 3 N–H and O–H groups in total. The number of nitrogens with one attached hydrogen (secondary N) is 1. The monoisotopic (exact) mass is 371 g/mol.